The lowest BCUT2D eigenvalue weighted by Gasteiger charge is -2.05. The Morgan fingerprint density at radius 3 is 2.62 bits per heavy atom. The lowest BCUT2D eigenvalue weighted by Crippen LogP contribution is -2.03. The summed E-state index contributed by atoms with van der Waals surface area (Å²) in [6.45, 7) is 0.765. The summed E-state index contributed by atoms with van der Waals surface area (Å²) in [5, 5.41) is 14.5. The van der Waals surface area contributed by atoms with E-state index in [1.807, 2.05) is 28.9 Å². The highest BCUT2D eigenvalue weighted by molar-refractivity contribution is 5.89. The summed E-state index contributed by atoms with van der Waals surface area (Å²) in [5.74, 6) is -0.983. The third-order valence-electron chi connectivity index (χ3n) is 4.25. The van der Waals surface area contributed by atoms with Crippen molar-refractivity contribution in [3.63, 3.8) is 0 Å². The number of aryl methyl sites for hydroxylation is 2. The second-order valence-electron chi connectivity index (χ2n) is 5.97. The molecule has 6 heteroatoms. The van der Waals surface area contributed by atoms with Crippen molar-refractivity contribution in [2.24, 2.45) is 0 Å². The van der Waals surface area contributed by atoms with Crippen LogP contribution < -0.4 is 0 Å². The molecular formula is C20H16N4O2. The van der Waals surface area contributed by atoms with E-state index in [2.05, 4.69) is 27.2 Å². The molecule has 3 aromatic heterocycles. The van der Waals surface area contributed by atoms with Gasteiger partial charge in [-0.05, 0) is 30.2 Å². The van der Waals surface area contributed by atoms with Crippen molar-refractivity contribution < 1.29 is 9.90 Å². The average Bonchev–Trinajstić information content (AvgIpc) is 3.09. The fourth-order valence-electron chi connectivity index (χ4n) is 2.88. The van der Waals surface area contributed by atoms with Crippen LogP contribution in [0.15, 0.2) is 67.1 Å². The Morgan fingerprint density at radius 1 is 1.00 bits per heavy atom. The highest BCUT2D eigenvalue weighted by atomic mass is 16.4. The maximum Gasteiger partial charge on any atom is 0.335 e. The van der Waals surface area contributed by atoms with Gasteiger partial charge in [0.15, 0.2) is 0 Å². The van der Waals surface area contributed by atoms with Crippen molar-refractivity contribution in [2.75, 3.05) is 0 Å². The standard InChI is InChI=1S/C20H16N4O2/c25-20(26)15-6-8-21-17(10-15)18-11-16-12-23-24(19(16)13-22-18)9-7-14-4-2-1-3-5-14/h1-6,8,10-13H,7,9H2,(H,25,26). The molecule has 0 radical (unpaired) electrons. The first-order chi connectivity index (χ1) is 12.7. The van der Waals surface area contributed by atoms with Gasteiger partial charge in [0.1, 0.15) is 0 Å². The molecule has 0 bridgehead atoms. The number of hydrogen-bond acceptors (Lipinski definition) is 4. The quantitative estimate of drug-likeness (QED) is 0.600. The minimum absolute atomic E-state index is 0.190. The smallest absolute Gasteiger partial charge is 0.335 e. The van der Waals surface area contributed by atoms with Gasteiger partial charge in [0, 0.05) is 18.1 Å². The van der Waals surface area contributed by atoms with Gasteiger partial charge in [-0.3, -0.25) is 14.6 Å². The van der Waals surface area contributed by atoms with Gasteiger partial charge in [0.25, 0.3) is 0 Å². The molecule has 1 aromatic carbocycles. The summed E-state index contributed by atoms with van der Waals surface area (Å²) in [6.07, 6.45) is 5.93. The monoisotopic (exact) mass is 344 g/mol. The van der Waals surface area contributed by atoms with Crippen LogP contribution in [0.2, 0.25) is 0 Å². The molecule has 4 rings (SSSR count). The van der Waals surface area contributed by atoms with E-state index >= 15 is 0 Å². The van der Waals surface area contributed by atoms with Gasteiger partial charge in [-0.2, -0.15) is 5.10 Å². The maximum atomic E-state index is 11.1. The van der Waals surface area contributed by atoms with Crippen LogP contribution in [0.25, 0.3) is 22.3 Å². The molecule has 1 N–H and O–H groups in total. The Kier molecular flexibility index (Phi) is 4.15. The summed E-state index contributed by atoms with van der Waals surface area (Å²) in [4.78, 5) is 19.8. The number of aromatic nitrogens is 4. The zero-order valence-electron chi connectivity index (χ0n) is 13.9. The van der Waals surface area contributed by atoms with Crippen molar-refractivity contribution in [1.29, 1.82) is 0 Å². The number of carboxylic acids is 1. The van der Waals surface area contributed by atoms with Gasteiger partial charge in [-0.25, -0.2) is 4.79 Å². The van der Waals surface area contributed by atoms with Gasteiger partial charge in [-0.15, -0.1) is 0 Å². The fourth-order valence-corrected chi connectivity index (χ4v) is 2.88. The van der Waals surface area contributed by atoms with Crippen molar-refractivity contribution in [3.05, 3.63) is 78.2 Å². The lowest BCUT2D eigenvalue weighted by atomic mass is 10.1. The van der Waals surface area contributed by atoms with Gasteiger partial charge in [-0.1, -0.05) is 30.3 Å². The number of benzene rings is 1. The summed E-state index contributed by atoms with van der Waals surface area (Å²) in [7, 11) is 0. The van der Waals surface area contributed by atoms with Gasteiger partial charge >= 0.3 is 5.97 Å². The number of carboxylic acid groups (broad SMARTS) is 1. The largest absolute Gasteiger partial charge is 0.478 e. The van der Waals surface area contributed by atoms with E-state index in [9.17, 15) is 4.79 Å². The number of aromatic carboxylic acids is 1. The van der Waals surface area contributed by atoms with Crippen LogP contribution in [0.4, 0.5) is 0 Å². The highest BCUT2D eigenvalue weighted by Gasteiger charge is 2.10. The molecule has 4 aromatic rings. The molecule has 0 aliphatic heterocycles. The number of hydrogen-bond donors (Lipinski definition) is 1. The zero-order valence-corrected chi connectivity index (χ0v) is 13.9. The molecular weight excluding hydrogens is 328 g/mol. The topological polar surface area (TPSA) is 80.9 Å². The molecule has 0 fully saturated rings. The molecule has 26 heavy (non-hydrogen) atoms. The summed E-state index contributed by atoms with van der Waals surface area (Å²) in [6, 6.07) is 15.1. The Balaban J connectivity index is 1.61. The second kappa shape index (κ2) is 6.76. The third-order valence-corrected chi connectivity index (χ3v) is 4.25. The van der Waals surface area contributed by atoms with Crippen LogP contribution in [0, 0.1) is 0 Å². The summed E-state index contributed by atoms with van der Waals surface area (Å²) >= 11 is 0. The number of pyridine rings is 2. The molecule has 0 atom stereocenters. The predicted molar refractivity (Wildman–Crippen MR) is 97.9 cm³/mol. The second-order valence-corrected chi connectivity index (χ2v) is 5.97. The molecule has 0 aliphatic rings. The van der Waals surface area contributed by atoms with Crippen molar-refractivity contribution in [2.45, 2.75) is 13.0 Å². The Morgan fingerprint density at radius 2 is 1.81 bits per heavy atom. The molecule has 0 saturated heterocycles. The molecule has 3 heterocycles. The van der Waals surface area contributed by atoms with Crippen molar-refractivity contribution >= 4 is 16.9 Å². The van der Waals surface area contributed by atoms with Crippen molar-refractivity contribution in [3.8, 4) is 11.4 Å². The van der Waals surface area contributed by atoms with Gasteiger partial charge < -0.3 is 5.11 Å². The minimum Gasteiger partial charge on any atom is -0.478 e. The molecule has 0 amide bonds. The SMILES string of the molecule is O=C(O)c1ccnc(-c2cc3cnn(CCc4ccccc4)c3cn2)c1. The number of nitrogens with zero attached hydrogens (tertiary/aromatic N) is 4. The van der Waals surface area contributed by atoms with E-state index in [1.165, 1.54) is 23.9 Å². The van der Waals surface area contributed by atoms with Crippen LogP contribution in [0.1, 0.15) is 15.9 Å². The first-order valence-corrected chi connectivity index (χ1v) is 8.26. The van der Waals surface area contributed by atoms with E-state index in [4.69, 9.17) is 5.11 Å². The van der Waals surface area contributed by atoms with E-state index in [-0.39, 0.29) is 5.56 Å². The van der Waals surface area contributed by atoms with Crippen LogP contribution >= 0.6 is 0 Å². The van der Waals surface area contributed by atoms with Crippen LogP contribution in [0.5, 0.6) is 0 Å². The molecule has 6 nitrogen and oxygen atoms in total. The molecule has 0 spiro atoms. The Labute approximate surface area is 149 Å². The van der Waals surface area contributed by atoms with Crippen LogP contribution in [-0.4, -0.2) is 30.8 Å². The normalized spacial score (nSPS) is 10.9. The average molecular weight is 344 g/mol. The fraction of sp³-hybridized carbons (Fsp3) is 0.100. The van der Waals surface area contributed by atoms with E-state index in [1.54, 1.807) is 12.4 Å². The maximum absolute atomic E-state index is 11.1. The van der Waals surface area contributed by atoms with Crippen LogP contribution in [0.3, 0.4) is 0 Å². The number of rotatable bonds is 5. The van der Waals surface area contributed by atoms with Gasteiger partial charge in [0.2, 0.25) is 0 Å². The van der Waals surface area contributed by atoms with E-state index < -0.39 is 5.97 Å². The molecule has 0 unspecified atom stereocenters. The zero-order chi connectivity index (χ0) is 17.9. The predicted octanol–water partition coefficient (Wildman–Crippen LogP) is 3.43. The van der Waals surface area contributed by atoms with E-state index in [0.29, 0.717) is 11.4 Å². The third kappa shape index (κ3) is 3.17. The lowest BCUT2D eigenvalue weighted by molar-refractivity contribution is 0.0697. The minimum atomic E-state index is -0.983. The van der Waals surface area contributed by atoms with Crippen molar-refractivity contribution in [1.82, 2.24) is 19.7 Å². The Hall–Kier alpha value is -3.54. The first kappa shape index (κ1) is 16.0. The molecule has 0 saturated carbocycles. The highest BCUT2D eigenvalue weighted by Crippen LogP contribution is 2.21. The molecule has 0 aliphatic carbocycles. The van der Waals surface area contributed by atoms with E-state index in [0.717, 1.165) is 23.9 Å². The Bertz CT molecular complexity index is 1070. The van der Waals surface area contributed by atoms with Crippen LogP contribution in [-0.2, 0) is 13.0 Å². The van der Waals surface area contributed by atoms with Gasteiger partial charge in [0.05, 0.1) is 34.9 Å². The number of fused-ring (bicyclic) bond motifs is 1. The molecule has 128 valence electrons. The number of carbonyl (C=O) groups is 1. The first-order valence-electron chi connectivity index (χ1n) is 8.26. The summed E-state index contributed by atoms with van der Waals surface area (Å²) in [5.41, 5.74) is 3.55. The summed E-state index contributed by atoms with van der Waals surface area (Å²) < 4.78 is 1.93.